The van der Waals surface area contributed by atoms with Gasteiger partial charge in [-0.2, -0.15) is 0 Å². The van der Waals surface area contributed by atoms with Gasteiger partial charge in [0.1, 0.15) is 6.54 Å². The molecule has 0 fully saturated rings. The van der Waals surface area contributed by atoms with Gasteiger partial charge in [-0.3, -0.25) is 9.59 Å². The van der Waals surface area contributed by atoms with Crippen LogP contribution in [0.5, 0.6) is 0 Å². The molecule has 0 unspecified atom stereocenters. The average Bonchev–Trinajstić information content (AvgIpc) is 2.64. The van der Waals surface area contributed by atoms with E-state index in [2.05, 4.69) is 0 Å². The molecule has 0 aromatic heterocycles. The Bertz CT molecular complexity index is 1000. The van der Waals surface area contributed by atoms with Crippen LogP contribution in [0.25, 0.3) is 0 Å². The number of fused-ring (bicyclic) bond motifs is 2. The van der Waals surface area contributed by atoms with E-state index in [-0.39, 0.29) is 11.7 Å². The van der Waals surface area contributed by atoms with Crippen LogP contribution >= 0.6 is 0 Å². The first-order valence-electron chi connectivity index (χ1n) is 8.43. The Labute approximate surface area is 152 Å². The first-order chi connectivity index (χ1) is 12.5. The molecule has 26 heavy (non-hydrogen) atoms. The van der Waals surface area contributed by atoms with Gasteiger partial charge in [-0.1, -0.05) is 42.5 Å². The van der Waals surface area contributed by atoms with Crippen LogP contribution in [0.3, 0.4) is 0 Å². The summed E-state index contributed by atoms with van der Waals surface area (Å²) in [7, 11) is -3.84. The van der Waals surface area contributed by atoms with E-state index in [0.717, 1.165) is 16.3 Å². The molecule has 0 N–H and O–H groups in total. The van der Waals surface area contributed by atoms with E-state index in [1.54, 1.807) is 29.2 Å². The van der Waals surface area contributed by atoms with Crippen molar-refractivity contribution < 1.29 is 18.0 Å². The van der Waals surface area contributed by atoms with Crippen molar-refractivity contribution in [2.45, 2.75) is 18.7 Å². The van der Waals surface area contributed by atoms with Crippen LogP contribution in [-0.4, -0.2) is 42.5 Å². The molecule has 4 rings (SSSR count). The summed E-state index contributed by atoms with van der Waals surface area (Å²) in [6.07, 6.45) is 0.728. The Morgan fingerprint density at radius 1 is 0.962 bits per heavy atom. The molecule has 134 valence electrons. The number of rotatable bonds is 2. The largest absolute Gasteiger partial charge is 0.336 e. The summed E-state index contributed by atoms with van der Waals surface area (Å²) in [6, 6.07) is 14.5. The van der Waals surface area contributed by atoms with E-state index in [1.807, 2.05) is 24.3 Å². The van der Waals surface area contributed by atoms with Gasteiger partial charge in [-0.05, 0) is 29.2 Å². The van der Waals surface area contributed by atoms with Gasteiger partial charge < -0.3 is 4.90 Å². The van der Waals surface area contributed by atoms with Gasteiger partial charge in [0, 0.05) is 18.7 Å². The highest BCUT2D eigenvalue weighted by Gasteiger charge is 2.37. The smallest absolute Gasteiger partial charge is 0.268 e. The molecule has 0 radical (unpaired) electrons. The zero-order chi connectivity index (χ0) is 18.3. The number of carbonyl (C=O) groups is 2. The van der Waals surface area contributed by atoms with Gasteiger partial charge in [0.2, 0.25) is 15.9 Å². The van der Waals surface area contributed by atoms with Crippen LogP contribution in [0.1, 0.15) is 27.0 Å². The highest BCUT2D eigenvalue weighted by atomic mass is 32.2. The van der Waals surface area contributed by atoms with Crippen molar-refractivity contribution in [2.24, 2.45) is 0 Å². The molecule has 2 aliphatic rings. The first-order valence-corrected chi connectivity index (χ1v) is 10.0. The van der Waals surface area contributed by atoms with Crippen LogP contribution in [0.4, 0.5) is 0 Å². The van der Waals surface area contributed by atoms with Gasteiger partial charge in [-0.25, -0.2) is 12.7 Å². The van der Waals surface area contributed by atoms with E-state index < -0.39 is 22.5 Å². The third-order valence-electron chi connectivity index (χ3n) is 4.91. The second-order valence-electron chi connectivity index (χ2n) is 6.56. The minimum atomic E-state index is -3.84. The van der Waals surface area contributed by atoms with Crippen molar-refractivity contribution in [3.63, 3.8) is 0 Å². The molecule has 2 aromatic carbocycles. The second kappa shape index (κ2) is 6.25. The maximum absolute atomic E-state index is 12.7. The van der Waals surface area contributed by atoms with Gasteiger partial charge in [-0.15, -0.1) is 0 Å². The SMILES string of the molecule is O=C(CN1C(=O)c2ccccc2CS1(=O)=O)N1CCc2ccccc2C1. The highest BCUT2D eigenvalue weighted by Crippen LogP contribution is 2.25. The molecule has 0 aliphatic carbocycles. The average molecular weight is 370 g/mol. The molecular formula is C19H18N2O4S. The molecule has 6 nitrogen and oxygen atoms in total. The highest BCUT2D eigenvalue weighted by molar-refractivity contribution is 7.89. The summed E-state index contributed by atoms with van der Waals surface area (Å²) in [5.74, 6) is -1.24. The topological polar surface area (TPSA) is 74.8 Å². The van der Waals surface area contributed by atoms with Crippen LogP contribution in [0.2, 0.25) is 0 Å². The summed E-state index contributed by atoms with van der Waals surface area (Å²) >= 11 is 0. The van der Waals surface area contributed by atoms with Crippen molar-refractivity contribution in [2.75, 3.05) is 13.1 Å². The summed E-state index contributed by atoms with van der Waals surface area (Å²) in [4.78, 5) is 26.9. The normalized spacial score (nSPS) is 18.2. The number of hydrogen-bond acceptors (Lipinski definition) is 4. The number of sulfonamides is 1. The predicted octanol–water partition coefficient (Wildman–Crippen LogP) is 1.56. The molecule has 0 spiro atoms. The lowest BCUT2D eigenvalue weighted by Gasteiger charge is -2.32. The molecule has 0 bridgehead atoms. The zero-order valence-corrected chi connectivity index (χ0v) is 14.9. The van der Waals surface area contributed by atoms with E-state index in [1.165, 1.54) is 5.56 Å². The fourth-order valence-electron chi connectivity index (χ4n) is 3.49. The molecule has 0 saturated heterocycles. The summed E-state index contributed by atoms with van der Waals surface area (Å²) in [5.41, 5.74) is 3.09. The minimum Gasteiger partial charge on any atom is -0.336 e. The van der Waals surface area contributed by atoms with E-state index >= 15 is 0 Å². The van der Waals surface area contributed by atoms with Crippen LogP contribution in [0, 0.1) is 0 Å². The molecule has 0 atom stereocenters. The van der Waals surface area contributed by atoms with Gasteiger partial charge in [0.05, 0.1) is 5.75 Å². The summed E-state index contributed by atoms with van der Waals surface area (Å²) < 4.78 is 25.7. The molecular weight excluding hydrogens is 352 g/mol. The molecule has 2 heterocycles. The molecule has 7 heteroatoms. The monoisotopic (exact) mass is 370 g/mol. The van der Waals surface area contributed by atoms with Gasteiger partial charge >= 0.3 is 0 Å². The molecule has 2 amide bonds. The summed E-state index contributed by atoms with van der Waals surface area (Å²) in [5, 5.41) is 0. The van der Waals surface area contributed by atoms with Gasteiger partial charge in [0.15, 0.2) is 0 Å². The number of amides is 2. The zero-order valence-electron chi connectivity index (χ0n) is 14.1. The quantitative estimate of drug-likeness (QED) is 0.804. The lowest BCUT2D eigenvalue weighted by atomic mass is 10.00. The molecule has 2 aliphatic heterocycles. The standard InChI is InChI=1S/C19H18N2O4S/c22-18(20-10-9-14-5-1-2-6-15(14)11-20)12-21-19(23)17-8-4-3-7-16(17)13-26(21,24)25/h1-8H,9-13H2. The lowest BCUT2D eigenvalue weighted by Crippen LogP contribution is -2.49. The lowest BCUT2D eigenvalue weighted by molar-refractivity contribution is -0.132. The van der Waals surface area contributed by atoms with Crippen LogP contribution in [-0.2, 0) is 33.5 Å². The van der Waals surface area contributed by atoms with Crippen molar-refractivity contribution >= 4 is 21.8 Å². The third kappa shape index (κ3) is 2.88. The number of benzene rings is 2. The Balaban J connectivity index is 1.55. The fraction of sp³-hybridized carbons (Fsp3) is 0.263. The number of hydrogen-bond donors (Lipinski definition) is 0. The second-order valence-corrected chi connectivity index (χ2v) is 8.45. The molecule has 2 aromatic rings. The Hall–Kier alpha value is -2.67. The van der Waals surface area contributed by atoms with Crippen LogP contribution < -0.4 is 0 Å². The minimum absolute atomic E-state index is 0.259. The van der Waals surface area contributed by atoms with Crippen molar-refractivity contribution in [3.8, 4) is 0 Å². The van der Waals surface area contributed by atoms with Crippen LogP contribution in [0.15, 0.2) is 48.5 Å². The Morgan fingerprint density at radius 2 is 1.62 bits per heavy atom. The van der Waals surface area contributed by atoms with E-state index in [4.69, 9.17) is 0 Å². The Kier molecular flexibility index (Phi) is 4.03. The third-order valence-corrected chi connectivity index (χ3v) is 6.55. The maximum Gasteiger partial charge on any atom is 0.268 e. The Morgan fingerprint density at radius 3 is 2.38 bits per heavy atom. The first kappa shape index (κ1) is 16.8. The summed E-state index contributed by atoms with van der Waals surface area (Å²) in [6.45, 7) is 0.514. The van der Waals surface area contributed by atoms with Crippen molar-refractivity contribution in [1.29, 1.82) is 0 Å². The van der Waals surface area contributed by atoms with Crippen molar-refractivity contribution in [3.05, 3.63) is 70.8 Å². The van der Waals surface area contributed by atoms with E-state index in [9.17, 15) is 18.0 Å². The molecule has 0 saturated carbocycles. The van der Waals surface area contributed by atoms with E-state index in [0.29, 0.717) is 24.2 Å². The van der Waals surface area contributed by atoms with Crippen molar-refractivity contribution in [1.82, 2.24) is 9.21 Å². The number of carbonyl (C=O) groups excluding carboxylic acids is 2. The number of nitrogens with zero attached hydrogens (tertiary/aromatic N) is 2. The predicted molar refractivity (Wildman–Crippen MR) is 95.7 cm³/mol. The fourth-order valence-corrected chi connectivity index (χ4v) is 4.95. The van der Waals surface area contributed by atoms with Gasteiger partial charge in [0.25, 0.3) is 5.91 Å². The maximum atomic E-state index is 12.7.